The molecule has 0 fully saturated rings. The second-order valence-corrected chi connectivity index (χ2v) is 14.6. The first-order valence-corrected chi connectivity index (χ1v) is 19.1. The van der Waals surface area contributed by atoms with E-state index in [1.807, 2.05) is 114 Å². The maximum Gasteiger partial charge on any atom is 0.416 e. The molecule has 0 bridgehead atoms. The van der Waals surface area contributed by atoms with E-state index in [9.17, 15) is 29.0 Å². The highest BCUT2D eigenvalue weighted by Gasteiger charge is 2.32. The van der Waals surface area contributed by atoms with Gasteiger partial charge in [-0.3, -0.25) is 0 Å². The second kappa shape index (κ2) is 13.9. The molecule has 5 nitrogen and oxygen atoms in total. The van der Waals surface area contributed by atoms with Crippen molar-refractivity contribution >= 4 is 43.6 Å². The highest BCUT2D eigenvalue weighted by molar-refractivity contribution is 6.12. The van der Waals surface area contributed by atoms with Gasteiger partial charge in [0.15, 0.2) is 0 Å². The molecule has 0 aliphatic carbocycles. The Morgan fingerprint density at radius 3 is 1.32 bits per heavy atom. The van der Waals surface area contributed by atoms with Crippen molar-refractivity contribution in [1.29, 1.82) is 15.8 Å². The van der Waals surface area contributed by atoms with Crippen molar-refractivity contribution in [3.63, 3.8) is 0 Å². The summed E-state index contributed by atoms with van der Waals surface area (Å²) in [6.45, 7) is 0. The first-order valence-electron chi connectivity index (χ1n) is 19.1. The van der Waals surface area contributed by atoms with E-state index in [1.54, 1.807) is 36.4 Å². The number of halogens is 3. The molecule has 0 aliphatic rings. The van der Waals surface area contributed by atoms with Gasteiger partial charge in [-0.15, -0.1) is 0 Å². The predicted octanol–water partition coefficient (Wildman–Crippen LogP) is 13.5. The van der Waals surface area contributed by atoms with Crippen LogP contribution in [0.15, 0.2) is 170 Å². The summed E-state index contributed by atoms with van der Waals surface area (Å²) in [5.41, 5.74) is 9.67. The average Bonchev–Trinajstić information content (AvgIpc) is 3.80. The molecule has 0 saturated carbocycles. The van der Waals surface area contributed by atoms with Gasteiger partial charge in [0.2, 0.25) is 0 Å². The summed E-state index contributed by atoms with van der Waals surface area (Å²) in [5.74, 6) is 0. The Morgan fingerprint density at radius 1 is 0.367 bits per heavy atom. The number of benzene rings is 8. The van der Waals surface area contributed by atoms with E-state index in [1.165, 1.54) is 12.1 Å². The van der Waals surface area contributed by atoms with Crippen molar-refractivity contribution in [2.45, 2.75) is 6.18 Å². The fourth-order valence-corrected chi connectivity index (χ4v) is 8.44. The maximum atomic E-state index is 14.7. The highest BCUT2D eigenvalue weighted by Crippen LogP contribution is 2.44. The molecule has 0 amide bonds. The minimum Gasteiger partial charge on any atom is -0.309 e. The second-order valence-electron chi connectivity index (χ2n) is 14.6. The molecule has 0 saturated heterocycles. The van der Waals surface area contributed by atoms with Gasteiger partial charge in [0, 0.05) is 32.7 Å². The molecular formula is C52H28F3N5. The van der Waals surface area contributed by atoms with Gasteiger partial charge in [-0.25, -0.2) is 0 Å². The van der Waals surface area contributed by atoms with E-state index in [0.29, 0.717) is 44.7 Å². The molecule has 8 heteroatoms. The summed E-state index contributed by atoms with van der Waals surface area (Å²) in [4.78, 5) is 0. The lowest BCUT2D eigenvalue weighted by Gasteiger charge is -2.20. The number of alkyl halides is 3. The SMILES string of the molecule is N#Cc1ccc(-c2ccc3c(c2)c2ccccc2n3-c2ccc(C#N)cc2-c2ccc(C(F)(F)F)cc2-n2c3ccccc3c3cc(-c4ccc(C#N)cc4)ccc32)cc1. The van der Waals surface area contributed by atoms with E-state index in [-0.39, 0.29) is 0 Å². The molecule has 0 unspecified atom stereocenters. The maximum absolute atomic E-state index is 14.7. The minimum absolute atomic E-state index is 0.308. The molecule has 10 rings (SSSR count). The number of rotatable bonds is 5. The van der Waals surface area contributed by atoms with E-state index < -0.39 is 11.7 Å². The first-order chi connectivity index (χ1) is 29.2. The lowest BCUT2D eigenvalue weighted by atomic mass is 9.97. The normalized spacial score (nSPS) is 11.5. The zero-order chi connectivity index (χ0) is 41.1. The van der Waals surface area contributed by atoms with Gasteiger partial charge >= 0.3 is 6.18 Å². The largest absolute Gasteiger partial charge is 0.416 e. The van der Waals surface area contributed by atoms with Crippen LogP contribution in [0.25, 0.3) is 88.4 Å². The van der Waals surface area contributed by atoms with Crippen LogP contribution in [-0.4, -0.2) is 9.13 Å². The van der Waals surface area contributed by atoms with Crippen molar-refractivity contribution in [3.8, 4) is 63.0 Å². The third-order valence-electron chi connectivity index (χ3n) is 11.3. The molecule has 0 atom stereocenters. The molecule has 0 spiro atoms. The third-order valence-corrected chi connectivity index (χ3v) is 11.3. The van der Waals surface area contributed by atoms with Crippen LogP contribution in [-0.2, 0) is 6.18 Å². The molecular weight excluding hydrogens is 752 g/mol. The van der Waals surface area contributed by atoms with E-state index in [0.717, 1.165) is 66.4 Å². The van der Waals surface area contributed by atoms with Crippen molar-refractivity contribution in [3.05, 3.63) is 192 Å². The number of aromatic nitrogens is 2. The number of hydrogen-bond acceptors (Lipinski definition) is 3. The standard InChI is InChI=1S/C52H28F3N5/c53-52(54,55)39-20-21-42(51(28-39)60-47-8-4-2-6-41(47)45-27-38(19-24-50(45)60)36-16-11-33(30-57)12-17-36)43-25-34(31-58)13-22-48(43)59-46-7-3-1-5-40(46)44-26-37(18-23-49(44)59)35-14-9-32(29-56)10-15-35/h1-28H. The fourth-order valence-electron chi connectivity index (χ4n) is 8.44. The van der Waals surface area contributed by atoms with Gasteiger partial charge in [-0.2, -0.15) is 29.0 Å². The van der Waals surface area contributed by atoms with E-state index in [2.05, 4.69) is 28.8 Å². The van der Waals surface area contributed by atoms with Gasteiger partial charge < -0.3 is 9.13 Å². The smallest absolute Gasteiger partial charge is 0.309 e. The molecule has 0 aliphatic heterocycles. The van der Waals surface area contributed by atoms with Crippen LogP contribution >= 0.6 is 0 Å². The molecule has 0 radical (unpaired) electrons. The van der Waals surface area contributed by atoms with Crippen molar-refractivity contribution in [2.75, 3.05) is 0 Å². The summed E-state index contributed by atoms with van der Waals surface area (Å²) in [7, 11) is 0. The minimum atomic E-state index is -4.63. The van der Waals surface area contributed by atoms with Crippen LogP contribution in [0.5, 0.6) is 0 Å². The Balaban J connectivity index is 1.24. The lowest BCUT2D eigenvalue weighted by molar-refractivity contribution is -0.137. The zero-order valence-electron chi connectivity index (χ0n) is 31.5. The van der Waals surface area contributed by atoms with Gasteiger partial charge in [0.05, 0.1) is 73.9 Å². The monoisotopic (exact) mass is 779 g/mol. The summed E-state index contributed by atoms with van der Waals surface area (Å²) in [5, 5.41) is 32.6. The number of fused-ring (bicyclic) bond motifs is 6. The first kappa shape index (κ1) is 36.0. The van der Waals surface area contributed by atoms with Gasteiger partial charge in [0.25, 0.3) is 0 Å². The van der Waals surface area contributed by atoms with Crippen LogP contribution < -0.4 is 0 Å². The molecule has 2 heterocycles. The zero-order valence-corrected chi connectivity index (χ0v) is 31.5. The molecule has 282 valence electrons. The molecule has 2 aromatic heterocycles. The van der Waals surface area contributed by atoms with Crippen LogP contribution in [0, 0.1) is 34.0 Å². The summed E-state index contributed by atoms with van der Waals surface area (Å²) in [6, 6.07) is 58.2. The fraction of sp³-hybridized carbons (Fsp3) is 0.0192. The molecule has 8 aromatic carbocycles. The summed E-state index contributed by atoms with van der Waals surface area (Å²) >= 11 is 0. The third kappa shape index (κ3) is 5.85. The lowest BCUT2D eigenvalue weighted by Crippen LogP contribution is -2.08. The quantitative estimate of drug-likeness (QED) is 0.174. The van der Waals surface area contributed by atoms with Crippen LogP contribution in [0.2, 0.25) is 0 Å². The Kier molecular flexibility index (Phi) is 8.35. The predicted molar refractivity (Wildman–Crippen MR) is 231 cm³/mol. The summed E-state index contributed by atoms with van der Waals surface area (Å²) in [6.07, 6.45) is -4.63. The Morgan fingerprint density at radius 2 is 0.817 bits per heavy atom. The summed E-state index contributed by atoms with van der Waals surface area (Å²) < 4.78 is 48.2. The molecule has 60 heavy (non-hydrogen) atoms. The molecule has 10 aromatic rings. The average molecular weight is 780 g/mol. The van der Waals surface area contributed by atoms with Crippen molar-refractivity contribution in [2.24, 2.45) is 0 Å². The molecule has 0 N–H and O–H groups in total. The van der Waals surface area contributed by atoms with Gasteiger partial charge in [0.1, 0.15) is 0 Å². The van der Waals surface area contributed by atoms with Gasteiger partial charge in [-0.1, -0.05) is 78.9 Å². The van der Waals surface area contributed by atoms with Gasteiger partial charge in [-0.05, 0) is 113 Å². The highest BCUT2D eigenvalue weighted by atomic mass is 19.4. The van der Waals surface area contributed by atoms with E-state index >= 15 is 0 Å². The number of nitrogens with zero attached hydrogens (tertiary/aromatic N) is 5. The van der Waals surface area contributed by atoms with Crippen LogP contribution in [0.1, 0.15) is 22.3 Å². The van der Waals surface area contributed by atoms with Crippen molar-refractivity contribution in [1.82, 2.24) is 9.13 Å². The number of para-hydroxylation sites is 2. The Hall–Kier alpha value is -8.38. The topological polar surface area (TPSA) is 81.2 Å². The van der Waals surface area contributed by atoms with Crippen LogP contribution in [0.3, 0.4) is 0 Å². The number of hydrogen-bond donors (Lipinski definition) is 0. The Labute approximate surface area is 341 Å². The Bertz CT molecular complexity index is 3500. The van der Waals surface area contributed by atoms with Crippen LogP contribution in [0.4, 0.5) is 13.2 Å². The van der Waals surface area contributed by atoms with E-state index in [4.69, 9.17) is 0 Å². The number of nitriles is 3. The van der Waals surface area contributed by atoms with Crippen molar-refractivity contribution < 1.29 is 13.2 Å².